The Bertz CT molecular complexity index is 299. The van der Waals surface area contributed by atoms with E-state index in [1.807, 2.05) is 0 Å². The molecular formula is C9H7FO. The molecule has 0 bridgehead atoms. The van der Waals surface area contributed by atoms with Gasteiger partial charge in [0.05, 0.1) is 12.7 Å². The van der Waals surface area contributed by atoms with Gasteiger partial charge in [0.1, 0.15) is 11.6 Å². The van der Waals surface area contributed by atoms with Crippen molar-refractivity contribution in [3.05, 3.63) is 29.6 Å². The van der Waals surface area contributed by atoms with Crippen molar-refractivity contribution in [2.45, 2.75) is 0 Å². The summed E-state index contributed by atoms with van der Waals surface area (Å²) >= 11 is 0. The molecular weight excluding hydrogens is 143 g/mol. The van der Waals surface area contributed by atoms with E-state index in [4.69, 9.17) is 11.2 Å². The number of halogens is 1. The normalized spacial score (nSPS) is 8.82. The largest absolute Gasteiger partial charge is 0.497 e. The Labute approximate surface area is 64.8 Å². The van der Waals surface area contributed by atoms with Gasteiger partial charge in [0.15, 0.2) is 0 Å². The van der Waals surface area contributed by atoms with Gasteiger partial charge in [-0.15, -0.1) is 6.42 Å². The van der Waals surface area contributed by atoms with E-state index in [2.05, 4.69) is 5.92 Å². The molecule has 1 nitrogen and oxygen atoms in total. The minimum absolute atomic E-state index is 0.255. The summed E-state index contributed by atoms with van der Waals surface area (Å²) in [4.78, 5) is 0. The molecule has 1 aromatic carbocycles. The molecule has 0 aliphatic heterocycles. The lowest BCUT2D eigenvalue weighted by molar-refractivity contribution is 0.411. The maximum absolute atomic E-state index is 12.8. The summed E-state index contributed by atoms with van der Waals surface area (Å²) in [6.45, 7) is 0. The predicted molar refractivity (Wildman–Crippen MR) is 40.9 cm³/mol. The highest BCUT2D eigenvalue weighted by Crippen LogP contribution is 2.14. The predicted octanol–water partition coefficient (Wildman–Crippen LogP) is 1.82. The third kappa shape index (κ3) is 1.50. The first-order valence-corrected chi connectivity index (χ1v) is 3.08. The summed E-state index contributed by atoms with van der Waals surface area (Å²) in [7, 11) is 1.48. The average molecular weight is 150 g/mol. The van der Waals surface area contributed by atoms with Crippen LogP contribution in [-0.2, 0) is 0 Å². The second-order valence-corrected chi connectivity index (χ2v) is 1.99. The molecule has 0 fully saturated rings. The molecule has 0 unspecified atom stereocenters. The molecule has 0 atom stereocenters. The zero-order valence-corrected chi connectivity index (χ0v) is 6.10. The highest BCUT2D eigenvalue weighted by Gasteiger charge is 1.99. The Balaban J connectivity index is 3.12. The molecule has 0 heterocycles. The number of methoxy groups -OCH3 is 1. The zero-order valence-electron chi connectivity index (χ0n) is 6.10. The van der Waals surface area contributed by atoms with Gasteiger partial charge in [-0.2, -0.15) is 0 Å². The van der Waals surface area contributed by atoms with Crippen molar-refractivity contribution in [3.8, 4) is 18.1 Å². The van der Waals surface area contributed by atoms with E-state index < -0.39 is 5.82 Å². The first kappa shape index (κ1) is 7.62. The SMILES string of the molecule is C#Cc1ccc(OC)cc1F. The molecule has 0 aliphatic rings. The topological polar surface area (TPSA) is 9.23 Å². The molecule has 11 heavy (non-hydrogen) atoms. The molecule has 0 saturated carbocycles. The summed E-state index contributed by atoms with van der Waals surface area (Å²) in [5.41, 5.74) is 0.255. The molecule has 1 aromatic rings. The van der Waals surface area contributed by atoms with E-state index in [1.165, 1.54) is 19.2 Å². The van der Waals surface area contributed by atoms with Crippen molar-refractivity contribution in [2.24, 2.45) is 0 Å². The number of ether oxygens (including phenoxy) is 1. The number of hydrogen-bond donors (Lipinski definition) is 0. The lowest BCUT2D eigenvalue weighted by Crippen LogP contribution is -1.86. The number of benzene rings is 1. The van der Waals surface area contributed by atoms with Gasteiger partial charge in [-0.25, -0.2) is 4.39 Å². The van der Waals surface area contributed by atoms with Crippen LogP contribution < -0.4 is 4.74 Å². The zero-order chi connectivity index (χ0) is 8.27. The smallest absolute Gasteiger partial charge is 0.142 e. The van der Waals surface area contributed by atoms with E-state index in [1.54, 1.807) is 6.07 Å². The quantitative estimate of drug-likeness (QED) is 0.555. The summed E-state index contributed by atoms with van der Waals surface area (Å²) in [6.07, 6.45) is 5.01. The lowest BCUT2D eigenvalue weighted by atomic mass is 10.2. The third-order valence-corrected chi connectivity index (χ3v) is 1.33. The standard InChI is InChI=1S/C9H7FO/c1-3-7-4-5-8(11-2)6-9(7)10/h1,4-6H,2H3. The number of terminal acetylenes is 1. The van der Waals surface area contributed by atoms with E-state index in [0.717, 1.165) is 0 Å². The van der Waals surface area contributed by atoms with Gasteiger partial charge in [0.25, 0.3) is 0 Å². The minimum Gasteiger partial charge on any atom is -0.497 e. The van der Waals surface area contributed by atoms with Crippen molar-refractivity contribution in [2.75, 3.05) is 7.11 Å². The molecule has 0 radical (unpaired) electrons. The third-order valence-electron chi connectivity index (χ3n) is 1.33. The lowest BCUT2D eigenvalue weighted by Gasteiger charge is -1.99. The van der Waals surface area contributed by atoms with E-state index >= 15 is 0 Å². The number of hydrogen-bond acceptors (Lipinski definition) is 1. The van der Waals surface area contributed by atoms with Crippen LogP contribution in [0.15, 0.2) is 18.2 Å². The Morgan fingerprint density at radius 2 is 2.27 bits per heavy atom. The second kappa shape index (κ2) is 3.07. The van der Waals surface area contributed by atoms with Crippen LogP contribution in [0.1, 0.15) is 5.56 Å². The van der Waals surface area contributed by atoms with Gasteiger partial charge < -0.3 is 4.74 Å². The summed E-state index contributed by atoms with van der Waals surface area (Å²) in [5.74, 6) is 2.27. The highest BCUT2D eigenvalue weighted by molar-refractivity contribution is 5.38. The van der Waals surface area contributed by atoms with E-state index in [9.17, 15) is 4.39 Å². The van der Waals surface area contributed by atoms with Crippen LogP contribution >= 0.6 is 0 Å². The van der Waals surface area contributed by atoms with E-state index in [0.29, 0.717) is 5.75 Å². The monoisotopic (exact) mass is 150 g/mol. The average Bonchev–Trinajstić information content (AvgIpc) is 2.04. The summed E-state index contributed by atoms with van der Waals surface area (Å²) in [6, 6.07) is 4.39. The molecule has 0 spiro atoms. The van der Waals surface area contributed by atoms with Crippen LogP contribution in [0.25, 0.3) is 0 Å². The fourth-order valence-corrected chi connectivity index (χ4v) is 0.740. The second-order valence-electron chi connectivity index (χ2n) is 1.99. The molecule has 56 valence electrons. The fourth-order valence-electron chi connectivity index (χ4n) is 0.740. The highest BCUT2D eigenvalue weighted by atomic mass is 19.1. The number of rotatable bonds is 1. The fraction of sp³-hybridized carbons (Fsp3) is 0.111. The minimum atomic E-state index is -0.424. The van der Waals surface area contributed by atoms with Crippen LogP contribution in [0.2, 0.25) is 0 Å². The Morgan fingerprint density at radius 3 is 2.73 bits per heavy atom. The van der Waals surface area contributed by atoms with Crippen LogP contribution in [0.3, 0.4) is 0 Å². The Morgan fingerprint density at radius 1 is 1.55 bits per heavy atom. The van der Waals surface area contributed by atoms with Gasteiger partial charge >= 0.3 is 0 Å². The van der Waals surface area contributed by atoms with Crippen LogP contribution in [0, 0.1) is 18.2 Å². The maximum Gasteiger partial charge on any atom is 0.142 e. The Kier molecular flexibility index (Phi) is 2.12. The molecule has 0 aromatic heterocycles. The van der Waals surface area contributed by atoms with Gasteiger partial charge in [-0.1, -0.05) is 5.92 Å². The van der Waals surface area contributed by atoms with Crippen molar-refractivity contribution in [3.63, 3.8) is 0 Å². The van der Waals surface area contributed by atoms with Gasteiger partial charge in [-0.3, -0.25) is 0 Å². The maximum atomic E-state index is 12.8. The first-order chi connectivity index (χ1) is 5.27. The van der Waals surface area contributed by atoms with Crippen molar-refractivity contribution in [1.82, 2.24) is 0 Å². The first-order valence-electron chi connectivity index (χ1n) is 3.08. The molecule has 0 amide bonds. The summed E-state index contributed by atoms with van der Waals surface area (Å²) in [5, 5.41) is 0. The Hall–Kier alpha value is -1.49. The molecule has 0 saturated heterocycles. The summed E-state index contributed by atoms with van der Waals surface area (Å²) < 4.78 is 17.6. The van der Waals surface area contributed by atoms with Crippen LogP contribution in [0.5, 0.6) is 5.75 Å². The molecule has 2 heteroatoms. The van der Waals surface area contributed by atoms with Gasteiger partial charge in [0.2, 0.25) is 0 Å². The van der Waals surface area contributed by atoms with Crippen molar-refractivity contribution < 1.29 is 9.13 Å². The van der Waals surface area contributed by atoms with Crippen LogP contribution in [0.4, 0.5) is 4.39 Å². The van der Waals surface area contributed by atoms with Gasteiger partial charge in [-0.05, 0) is 12.1 Å². The molecule has 0 aliphatic carbocycles. The van der Waals surface area contributed by atoms with Crippen LogP contribution in [-0.4, -0.2) is 7.11 Å². The van der Waals surface area contributed by atoms with Gasteiger partial charge in [0, 0.05) is 6.07 Å². The van der Waals surface area contributed by atoms with E-state index in [-0.39, 0.29) is 5.56 Å². The van der Waals surface area contributed by atoms with Crippen molar-refractivity contribution >= 4 is 0 Å². The molecule has 0 N–H and O–H groups in total. The van der Waals surface area contributed by atoms with Crippen molar-refractivity contribution in [1.29, 1.82) is 0 Å². The molecule has 1 rings (SSSR count).